The Morgan fingerprint density at radius 3 is 1.81 bits per heavy atom. The van der Waals surface area contributed by atoms with Crippen molar-refractivity contribution in [1.82, 2.24) is 41.1 Å². The summed E-state index contributed by atoms with van der Waals surface area (Å²) < 4.78 is 0. The minimum atomic E-state index is -1.06. The molecule has 4 amide bonds. The minimum absolute atomic E-state index is 0.000593. The van der Waals surface area contributed by atoms with E-state index in [1.165, 1.54) is 0 Å². The van der Waals surface area contributed by atoms with E-state index < -0.39 is 41.8 Å². The van der Waals surface area contributed by atoms with E-state index in [0.717, 1.165) is 48.3 Å². The number of pyridine rings is 3. The van der Waals surface area contributed by atoms with Crippen LogP contribution < -0.4 is 16.1 Å². The van der Waals surface area contributed by atoms with Crippen LogP contribution in [0.1, 0.15) is 88.5 Å². The summed E-state index contributed by atoms with van der Waals surface area (Å²) in [6.45, 7) is 7.97. The molecule has 1 aliphatic carbocycles. The van der Waals surface area contributed by atoms with Crippen molar-refractivity contribution in [3.63, 3.8) is 0 Å². The molecule has 3 heterocycles. The number of amides is 4. The Labute approximate surface area is 365 Å². The van der Waals surface area contributed by atoms with E-state index in [9.17, 15) is 19.2 Å². The van der Waals surface area contributed by atoms with Gasteiger partial charge >= 0.3 is 5.97 Å². The predicted molar refractivity (Wildman–Crippen MR) is 235 cm³/mol. The molecular formula is C48H62N8O6. The molecule has 4 aromatic rings. The summed E-state index contributed by atoms with van der Waals surface area (Å²) in [6.07, 6.45) is 15.7. The molecule has 3 atom stereocenters. The van der Waals surface area contributed by atoms with Gasteiger partial charge in [0.2, 0.25) is 11.8 Å². The van der Waals surface area contributed by atoms with Crippen molar-refractivity contribution in [2.75, 3.05) is 13.1 Å². The lowest BCUT2D eigenvalue weighted by Gasteiger charge is -2.38. The third kappa shape index (κ3) is 15.5. The van der Waals surface area contributed by atoms with Gasteiger partial charge in [-0.1, -0.05) is 89.4 Å². The zero-order valence-corrected chi connectivity index (χ0v) is 36.4. The number of hydroxylamine groups is 2. The summed E-state index contributed by atoms with van der Waals surface area (Å²) >= 11 is 0. The molecule has 14 heteroatoms. The standard InChI is InChI=1S/C48H62N8O6/c1-34(2)45(52-42(57)27-39-17-11-23-50-30-39)47(60)54-55(32-38-15-9-6-10-16-38)33-41(20-19-36-13-7-5-8-14-36)56(62-44(59)29-37-21-25-49-26-22-37)48(61)46(35(3)4)53-43(58)28-40-18-12-24-51-31-40/h5,7-8,11-14,17-18,21-26,30-31,34-35,38,41,45-46H,6,9-10,15-16,19-20,27-29,32-33H2,1-4H3,(H,52,57)(H,53,58)(H,54,60)/t41-,45-,46-/m0/s1. The molecule has 330 valence electrons. The average Bonchev–Trinajstić information content (AvgIpc) is 3.26. The van der Waals surface area contributed by atoms with Crippen LogP contribution >= 0.6 is 0 Å². The van der Waals surface area contributed by atoms with E-state index in [0.29, 0.717) is 30.5 Å². The normalized spacial score (nSPS) is 14.4. The molecule has 0 saturated heterocycles. The van der Waals surface area contributed by atoms with Crippen LogP contribution in [0.2, 0.25) is 0 Å². The van der Waals surface area contributed by atoms with Gasteiger partial charge in [0.25, 0.3) is 11.8 Å². The van der Waals surface area contributed by atoms with E-state index in [1.54, 1.807) is 67.5 Å². The first-order chi connectivity index (χ1) is 29.9. The van der Waals surface area contributed by atoms with Crippen LogP contribution in [0.4, 0.5) is 0 Å². The van der Waals surface area contributed by atoms with Crippen molar-refractivity contribution in [1.29, 1.82) is 0 Å². The lowest BCUT2D eigenvalue weighted by Crippen LogP contribution is -2.60. The molecule has 0 radical (unpaired) electrons. The summed E-state index contributed by atoms with van der Waals surface area (Å²) in [5, 5.41) is 8.83. The van der Waals surface area contributed by atoms with Crippen LogP contribution in [0.3, 0.4) is 0 Å². The van der Waals surface area contributed by atoms with Gasteiger partial charge in [0.15, 0.2) is 0 Å². The first-order valence-electron chi connectivity index (χ1n) is 21.8. The van der Waals surface area contributed by atoms with E-state index in [-0.39, 0.29) is 49.5 Å². The fourth-order valence-corrected chi connectivity index (χ4v) is 7.71. The van der Waals surface area contributed by atoms with Crippen molar-refractivity contribution in [2.24, 2.45) is 17.8 Å². The first kappa shape index (κ1) is 47.0. The Morgan fingerprint density at radius 2 is 1.24 bits per heavy atom. The highest BCUT2D eigenvalue weighted by atomic mass is 16.7. The second-order valence-electron chi connectivity index (χ2n) is 16.9. The zero-order chi connectivity index (χ0) is 44.3. The highest BCUT2D eigenvalue weighted by molar-refractivity contribution is 5.90. The highest BCUT2D eigenvalue weighted by Crippen LogP contribution is 2.25. The van der Waals surface area contributed by atoms with Crippen LogP contribution in [0.5, 0.6) is 0 Å². The third-order valence-electron chi connectivity index (χ3n) is 11.0. The molecule has 1 aromatic carbocycles. The maximum absolute atomic E-state index is 15.0. The third-order valence-corrected chi connectivity index (χ3v) is 11.0. The number of benzene rings is 1. The predicted octanol–water partition coefficient (Wildman–Crippen LogP) is 5.38. The molecule has 1 fully saturated rings. The number of rotatable bonds is 21. The number of hydrogen-bond acceptors (Lipinski definition) is 10. The number of aromatic nitrogens is 3. The molecule has 0 bridgehead atoms. The Morgan fingerprint density at radius 1 is 0.661 bits per heavy atom. The largest absolute Gasteiger partial charge is 0.344 e. The Balaban J connectivity index is 1.48. The fourth-order valence-electron chi connectivity index (χ4n) is 7.71. The number of carbonyl (C=O) groups excluding carboxylic acids is 5. The Bertz CT molecular complexity index is 2000. The Hall–Kier alpha value is -6.02. The molecular weight excluding hydrogens is 785 g/mol. The SMILES string of the molecule is CC(C)[C@H](NC(=O)Cc1cccnc1)C(=O)NN(CC1CCCCC1)C[C@H](CCc1ccccc1)N(OC(=O)Cc1ccncc1)C(=O)[C@@H](NC(=O)Cc1cccnc1)C(C)C. The van der Waals surface area contributed by atoms with Crippen LogP contribution in [-0.4, -0.2) is 85.8 Å². The quantitative estimate of drug-likeness (QED) is 0.0924. The molecule has 1 saturated carbocycles. The lowest BCUT2D eigenvalue weighted by molar-refractivity contribution is -0.211. The average molecular weight is 847 g/mol. The van der Waals surface area contributed by atoms with Crippen molar-refractivity contribution in [3.8, 4) is 0 Å². The fraction of sp³-hybridized carbons (Fsp3) is 0.458. The van der Waals surface area contributed by atoms with Gasteiger partial charge in [-0.15, -0.1) is 0 Å². The molecule has 0 aliphatic heterocycles. The number of hydrazine groups is 1. The van der Waals surface area contributed by atoms with Gasteiger partial charge in [-0.05, 0) is 90.0 Å². The number of aryl methyl sites for hydroxylation is 1. The van der Waals surface area contributed by atoms with Crippen molar-refractivity contribution in [2.45, 2.75) is 110 Å². The Kier molecular flexibility index (Phi) is 18.5. The van der Waals surface area contributed by atoms with Gasteiger partial charge in [0.05, 0.1) is 25.3 Å². The van der Waals surface area contributed by atoms with Crippen LogP contribution in [0, 0.1) is 17.8 Å². The molecule has 62 heavy (non-hydrogen) atoms. The molecule has 1 aliphatic rings. The van der Waals surface area contributed by atoms with E-state index >= 15 is 4.79 Å². The maximum atomic E-state index is 15.0. The smallest absolute Gasteiger partial charge is 0.336 e. The lowest BCUT2D eigenvalue weighted by atomic mass is 9.89. The monoisotopic (exact) mass is 846 g/mol. The van der Waals surface area contributed by atoms with E-state index in [2.05, 4.69) is 31.0 Å². The number of nitrogens with one attached hydrogen (secondary N) is 3. The van der Waals surface area contributed by atoms with E-state index in [4.69, 9.17) is 4.84 Å². The molecule has 3 N–H and O–H groups in total. The van der Waals surface area contributed by atoms with Gasteiger partial charge < -0.3 is 15.5 Å². The van der Waals surface area contributed by atoms with Gasteiger partial charge in [-0.2, -0.15) is 5.06 Å². The van der Waals surface area contributed by atoms with E-state index in [1.807, 2.05) is 69.1 Å². The summed E-state index contributed by atoms with van der Waals surface area (Å²) in [4.78, 5) is 88.5. The molecule has 3 aromatic heterocycles. The van der Waals surface area contributed by atoms with Crippen LogP contribution in [-0.2, 0) is 54.5 Å². The van der Waals surface area contributed by atoms with Crippen molar-refractivity contribution >= 4 is 29.6 Å². The maximum Gasteiger partial charge on any atom is 0.336 e. The van der Waals surface area contributed by atoms with Gasteiger partial charge in [-0.3, -0.25) is 39.6 Å². The second-order valence-corrected chi connectivity index (χ2v) is 16.9. The summed E-state index contributed by atoms with van der Waals surface area (Å²) in [7, 11) is 0. The number of nitrogens with zero attached hydrogens (tertiary/aromatic N) is 5. The number of carbonyl (C=O) groups is 5. The topological polar surface area (TPSA) is 176 Å². The van der Waals surface area contributed by atoms with Crippen molar-refractivity contribution < 1.29 is 28.8 Å². The summed E-state index contributed by atoms with van der Waals surface area (Å²) in [6, 6.07) is 17.6. The van der Waals surface area contributed by atoms with Crippen molar-refractivity contribution in [3.05, 3.63) is 126 Å². The molecule has 5 rings (SSSR count). The summed E-state index contributed by atoms with van der Waals surface area (Å²) in [5.74, 6) is -2.74. The first-order valence-corrected chi connectivity index (χ1v) is 21.8. The van der Waals surface area contributed by atoms with Crippen LogP contribution in [0.15, 0.2) is 104 Å². The molecule has 14 nitrogen and oxygen atoms in total. The van der Waals surface area contributed by atoms with Gasteiger partial charge in [0.1, 0.15) is 12.1 Å². The zero-order valence-electron chi connectivity index (χ0n) is 36.4. The summed E-state index contributed by atoms with van der Waals surface area (Å²) in [5.41, 5.74) is 6.22. The second kappa shape index (κ2) is 24.4. The minimum Gasteiger partial charge on any atom is -0.344 e. The molecule has 0 unspecified atom stereocenters. The van der Waals surface area contributed by atoms with Crippen LogP contribution in [0.25, 0.3) is 0 Å². The van der Waals surface area contributed by atoms with Gasteiger partial charge in [0, 0.05) is 50.3 Å². The van der Waals surface area contributed by atoms with Gasteiger partial charge in [-0.25, -0.2) is 9.80 Å². The highest BCUT2D eigenvalue weighted by Gasteiger charge is 2.38. The number of hydrogen-bond donors (Lipinski definition) is 3. The molecule has 0 spiro atoms.